The summed E-state index contributed by atoms with van der Waals surface area (Å²) in [7, 11) is 0. The molecule has 2 N–H and O–H groups in total. The van der Waals surface area contributed by atoms with E-state index in [4.69, 9.17) is 5.73 Å². The molecule has 2 aromatic carbocycles. The van der Waals surface area contributed by atoms with Gasteiger partial charge in [-0.05, 0) is 54.0 Å². The lowest BCUT2D eigenvalue weighted by atomic mass is 10.0. The normalized spacial score (nSPS) is 13.9. The molecule has 1 heterocycles. The molecule has 0 saturated heterocycles. The first-order chi connectivity index (χ1) is 11.0. The zero-order chi connectivity index (χ0) is 16.4. The number of hydrogen-bond donors (Lipinski definition) is 1. The standard InChI is InChI=1S/C20H18N2O/c1-14-5-3-8-19(11-14)22-13-18(10-9-15(22)2)16-6-4-7-17(12-16)20(21)23/h3-13H,2H2,1H3,(H2,21,23). The largest absolute Gasteiger partial charge is 0.366 e. The van der Waals surface area contributed by atoms with Crippen LogP contribution in [0.15, 0.2) is 79.2 Å². The lowest BCUT2D eigenvalue weighted by Gasteiger charge is -2.26. The van der Waals surface area contributed by atoms with Crippen LogP contribution in [-0.4, -0.2) is 5.91 Å². The van der Waals surface area contributed by atoms with Gasteiger partial charge in [-0.3, -0.25) is 4.79 Å². The summed E-state index contributed by atoms with van der Waals surface area (Å²) in [4.78, 5) is 13.4. The summed E-state index contributed by atoms with van der Waals surface area (Å²) in [6, 6.07) is 15.6. The van der Waals surface area contributed by atoms with Gasteiger partial charge in [-0.25, -0.2) is 0 Å². The third-order valence-electron chi connectivity index (χ3n) is 3.79. The van der Waals surface area contributed by atoms with E-state index in [1.807, 2.05) is 47.5 Å². The molecule has 1 aliphatic heterocycles. The zero-order valence-corrected chi connectivity index (χ0v) is 13.0. The van der Waals surface area contributed by atoms with Crippen molar-refractivity contribution in [2.24, 2.45) is 5.73 Å². The van der Waals surface area contributed by atoms with Crippen molar-refractivity contribution in [1.29, 1.82) is 0 Å². The van der Waals surface area contributed by atoms with Crippen molar-refractivity contribution in [3.63, 3.8) is 0 Å². The maximum absolute atomic E-state index is 11.4. The fourth-order valence-electron chi connectivity index (χ4n) is 2.57. The molecule has 0 aromatic heterocycles. The molecule has 3 nitrogen and oxygen atoms in total. The number of carbonyl (C=O) groups is 1. The summed E-state index contributed by atoms with van der Waals surface area (Å²) >= 11 is 0. The first-order valence-electron chi connectivity index (χ1n) is 7.39. The van der Waals surface area contributed by atoms with Crippen LogP contribution in [0.25, 0.3) is 5.57 Å². The lowest BCUT2D eigenvalue weighted by Crippen LogP contribution is -2.16. The smallest absolute Gasteiger partial charge is 0.248 e. The van der Waals surface area contributed by atoms with Crippen molar-refractivity contribution >= 4 is 17.2 Å². The molecule has 0 saturated carbocycles. The van der Waals surface area contributed by atoms with Gasteiger partial charge in [0.2, 0.25) is 5.91 Å². The number of hydrogen-bond acceptors (Lipinski definition) is 2. The van der Waals surface area contributed by atoms with E-state index < -0.39 is 5.91 Å². The Morgan fingerprint density at radius 1 is 1.09 bits per heavy atom. The molecule has 0 unspecified atom stereocenters. The maximum Gasteiger partial charge on any atom is 0.248 e. The van der Waals surface area contributed by atoms with E-state index >= 15 is 0 Å². The molecular formula is C20H18N2O. The second kappa shape index (κ2) is 5.97. The van der Waals surface area contributed by atoms with Gasteiger partial charge in [-0.15, -0.1) is 0 Å². The molecule has 23 heavy (non-hydrogen) atoms. The first kappa shape index (κ1) is 14.9. The molecule has 1 amide bonds. The van der Waals surface area contributed by atoms with Gasteiger partial charge in [-0.2, -0.15) is 0 Å². The van der Waals surface area contributed by atoms with Crippen LogP contribution in [0, 0.1) is 6.92 Å². The summed E-state index contributed by atoms with van der Waals surface area (Å²) in [5.74, 6) is -0.424. The lowest BCUT2D eigenvalue weighted by molar-refractivity contribution is 0.100. The number of benzene rings is 2. The number of allylic oxidation sites excluding steroid dienone is 3. The zero-order valence-electron chi connectivity index (χ0n) is 13.0. The first-order valence-corrected chi connectivity index (χ1v) is 7.39. The Labute approximate surface area is 136 Å². The molecule has 0 bridgehead atoms. The van der Waals surface area contributed by atoms with Crippen molar-refractivity contribution in [1.82, 2.24) is 0 Å². The number of amides is 1. The average molecular weight is 302 g/mol. The number of rotatable bonds is 3. The van der Waals surface area contributed by atoms with E-state index in [0.29, 0.717) is 5.56 Å². The van der Waals surface area contributed by atoms with Gasteiger partial charge in [0.15, 0.2) is 0 Å². The van der Waals surface area contributed by atoms with Crippen molar-refractivity contribution in [2.75, 3.05) is 4.90 Å². The van der Waals surface area contributed by atoms with Gasteiger partial charge >= 0.3 is 0 Å². The third kappa shape index (κ3) is 3.09. The fourth-order valence-corrected chi connectivity index (χ4v) is 2.57. The van der Waals surface area contributed by atoms with Crippen LogP contribution in [-0.2, 0) is 0 Å². The SMILES string of the molecule is C=C1C=CC(c2cccc(C(N)=O)c2)=CN1c1cccc(C)c1. The molecule has 0 fully saturated rings. The van der Waals surface area contributed by atoms with Crippen molar-refractivity contribution in [2.45, 2.75) is 6.92 Å². The van der Waals surface area contributed by atoms with Crippen LogP contribution in [0.2, 0.25) is 0 Å². The van der Waals surface area contributed by atoms with Gasteiger partial charge in [0.25, 0.3) is 0 Å². The fraction of sp³-hybridized carbons (Fsp3) is 0.0500. The van der Waals surface area contributed by atoms with Crippen LogP contribution in [0.1, 0.15) is 21.5 Å². The summed E-state index contributed by atoms with van der Waals surface area (Å²) in [5, 5.41) is 0. The van der Waals surface area contributed by atoms with E-state index in [9.17, 15) is 4.79 Å². The minimum atomic E-state index is -0.424. The van der Waals surface area contributed by atoms with Crippen LogP contribution < -0.4 is 10.6 Å². The second-order valence-electron chi connectivity index (χ2n) is 5.56. The highest BCUT2D eigenvalue weighted by molar-refractivity contribution is 5.94. The molecule has 0 aliphatic carbocycles. The number of primary amides is 1. The van der Waals surface area contributed by atoms with E-state index in [1.165, 1.54) is 5.56 Å². The van der Waals surface area contributed by atoms with E-state index in [2.05, 4.69) is 25.6 Å². The minimum absolute atomic E-state index is 0.424. The van der Waals surface area contributed by atoms with Gasteiger partial charge in [0.05, 0.1) is 0 Å². The number of nitrogens with zero attached hydrogens (tertiary/aromatic N) is 1. The van der Waals surface area contributed by atoms with Crippen LogP contribution in [0.3, 0.4) is 0 Å². The molecule has 114 valence electrons. The maximum atomic E-state index is 11.4. The molecule has 2 aromatic rings. The Kier molecular flexibility index (Phi) is 3.85. The molecular weight excluding hydrogens is 284 g/mol. The van der Waals surface area contributed by atoms with E-state index in [-0.39, 0.29) is 0 Å². The molecule has 3 rings (SSSR count). The number of aryl methyl sites for hydroxylation is 1. The number of carbonyl (C=O) groups excluding carboxylic acids is 1. The van der Waals surface area contributed by atoms with Crippen LogP contribution in [0.4, 0.5) is 5.69 Å². The van der Waals surface area contributed by atoms with Gasteiger partial charge < -0.3 is 10.6 Å². The molecule has 0 radical (unpaired) electrons. The molecule has 1 aliphatic rings. The summed E-state index contributed by atoms with van der Waals surface area (Å²) in [5.41, 5.74) is 11.0. The van der Waals surface area contributed by atoms with Gasteiger partial charge in [0, 0.05) is 23.1 Å². The Hall–Kier alpha value is -3.07. The van der Waals surface area contributed by atoms with Crippen molar-refractivity contribution < 1.29 is 4.79 Å². The highest BCUT2D eigenvalue weighted by Gasteiger charge is 2.13. The Balaban J connectivity index is 2.01. The highest BCUT2D eigenvalue weighted by atomic mass is 16.1. The number of anilines is 1. The third-order valence-corrected chi connectivity index (χ3v) is 3.79. The predicted molar refractivity (Wildman–Crippen MR) is 94.9 cm³/mol. The Bertz CT molecular complexity index is 846. The number of nitrogens with two attached hydrogens (primary N) is 1. The quantitative estimate of drug-likeness (QED) is 0.930. The Morgan fingerprint density at radius 3 is 2.61 bits per heavy atom. The van der Waals surface area contributed by atoms with E-state index in [0.717, 1.165) is 22.5 Å². The summed E-state index contributed by atoms with van der Waals surface area (Å²) in [6.07, 6.45) is 5.99. The van der Waals surface area contributed by atoms with Crippen molar-refractivity contribution in [3.05, 3.63) is 95.8 Å². The van der Waals surface area contributed by atoms with Crippen LogP contribution >= 0.6 is 0 Å². The second-order valence-corrected chi connectivity index (χ2v) is 5.56. The highest BCUT2D eigenvalue weighted by Crippen LogP contribution is 2.29. The predicted octanol–water partition coefficient (Wildman–Crippen LogP) is 4.02. The van der Waals surface area contributed by atoms with Crippen molar-refractivity contribution in [3.8, 4) is 0 Å². The topological polar surface area (TPSA) is 46.3 Å². The van der Waals surface area contributed by atoms with Crippen LogP contribution in [0.5, 0.6) is 0 Å². The van der Waals surface area contributed by atoms with Gasteiger partial charge in [-0.1, -0.05) is 36.9 Å². The molecule has 3 heteroatoms. The Morgan fingerprint density at radius 2 is 1.87 bits per heavy atom. The minimum Gasteiger partial charge on any atom is -0.366 e. The summed E-state index contributed by atoms with van der Waals surface area (Å²) < 4.78 is 0. The molecule has 0 atom stereocenters. The average Bonchev–Trinajstić information content (AvgIpc) is 2.55. The van der Waals surface area contributed by atoms with E-state index in [1.54, 1.807) is 12.1 Å². The van der Waals surface area contributed by atoms with Gasteiger partial charge in [0.1, 0.15) is 0 Å². The monoisotopic (exact) mass is 302 g/mol. The molecule has 0 spiro atoms. The summed E-state index contributed by atoms with van der Waals surface area (Å²) in [6.45, 7) is 6.16.